The van der Waals surface area contributed by atoms with E-state index in [2.05, 4.69) is 9.98 Å². The summed E-state index contributed by atoms with van der Waals surface area (Å²) in [6.07, 6.45) is 6.20. The Morgan fingerprint density at radius 2 is 1.19 bits per heavy atom. The molecule has 0 rings (SSSR count). The maximum absolute atomic E-state index is 10.3. The summed E-state index contributed by atoms with van der Waals surface area (Å²) < 4.78 is 0. The molecule has 0 aliphatic rings. The second-order valence-electron chi connectivity index (χ2n) is 4.61. The van der Waals surface area contributed by atoms with Gasteiger partial charge in [0.2, 0.25) is 12.2 Å². The second-order valence-corrected chi connectivity index (χ2v) is 4.61. The van der Waals surface area contributed by atoms with Gasteiger partial charge >= 0.3 is 0 Å². The molecule has 0 amide bonds. The van der Waals surface area contributed by atoms with E-state index >= 15 is 0 Å². The lowest BCUT2D eigenvalue weighted by atomic mass is 9.85. The molecule has 0 fully saturated rings. The highest BCUT2D eigenvalue weighted by Gasteiger charge is 2.28. The molecule has 0 aromatic heterocycles. The third kappa shape index (κ3) is 4.52. The van der Waals surface area contributed by atoms with Crippen LogP contribution >= 0.6 is 0 Å². The van der Waals surface area contributed by atoms with Gasteiger partial charge in [0.15, 0.2) is 0 Å². The smallest absolute Gasteiger partial charge is 0.211 e. The Labute approximate surface area is 96.9 Å². The number of aliphatic imine (C=N–C) groups is 2. The first-order chi connectivity index (χ1) is 7.45. The molecule has 0 N–H and O–H groups in total. The van der Waals surface area contributed by atoms with Crippen molar-refractivity contribution in [3.63, 3.8) is 0 Å². The second kappa shape index (κ2) is 6.37. The normalized spacial score (nSPS) is 17.5. The lowest BCUT2D eigenvalue weighted by Crippen LogP contribution is -2.28. The molecule has 0 aromatic rings. The van der Waals surface area contributed by atoms with Crippen LogP contribution in [0.2, 0.25) is 0 Å². The van der Waals surface area contributed by atoms with Crippen LogP contribution in [0, 0.1) is 0 Å². The number of nitrogens with zero attached hydrogens (tertiary/aromatic N) is 2. The maximum Gasteiger partial charge on any atom is 0.235 e. The molecule has 0 saturated heterocycles. The van der Waals surface area contributed by atoms with Crippen LogP contribution in [-0.4, -0.2) is 23.2 Å². The molecule has 2 unspecified atom stereocenters. The number of carbonyl (C=O) groups excluding carboxylic acids is 2. The minimum absolute atomic E-state index is 0.392. The lowest BCUT2D eigenvalue weighted by molar-refractivity contribution is 0.328. The highest BCUT2D eigenvalue weighted by atomic mass is 16.1. The summed E-state index contributed by atoms with van der Waals surface area (Å²) in [5, 5.41) is 0. The van der Waals surface area contributed by atoms with Crippen molar-refractivity contribution in [3.8, 4) is 0 Å². The molecular formula is C12H20N2O2. The van der Waals surface area contributed by atoms with Crippen LogP contribution < -0.4 is 0 Å². The largest absolute Gasteiger partial charge is 0.235 e. The number of rotatable bonds is 7. The fourth-order valence-corrected chi connectivity index (χ4v) is 1.38. The summed E-state index contributed by atoms with van der Waals surface area (Å²) in [5.74, 6) is 0. The van der Waals surface area contributed by atoms with Crippen LogP contribution in [0.4, 0.5) is 0 Å². The number of isocyanates is 2. The average Bonchev–Trinajstić information content (AvgIpc) is 2.27. The fraction of sp³-hybridized carbons (Fsp3) is 0.833. The van der Waals surface area contributed by atoms with Gasteiger partial charge < -0.3 is 0 Å². The Balaban J connectivity index is 4.62. The van der Waals surface area contributed by atoms with Crippen LogP contribution in [0.15, 0.2) is 9.98 Å². The van der Waals surface area contributed by atoms with E-state index in [0.717, 1.165) is 12.8 Å². The zero-order valence-corrected chi connectivity index (χ0v) is 10.5. The molecule has 0 aromatic carbocycles. The van der Waals surface area contributed by atoms with Gasteiger partial charge in [-0.2, -0.15) is 9.98 Å². The van der Waals surface area contributed by atoms with Gasteiger partial charge in [0.25, 0.3) is 0 Å². The Morgan fingerprint density at radius 1 is 0.875 bits per heavy atom. The molecule has 4 heteroatoms. The van der Waals surface area contributed by atoms with Crippen molar-refractivity contribution in [2.24, 2.45) is 9.98 Å². The Kier molecular flexibility index (Phi) is 5.87. The van der Waals surface area contributed by atoms with Crippen molar-refractivity contribution in [1.29, 1.82) is 0 Å². The van der Waals surface area contributed by atoms with Crippen molar-refractivity contribution >= 4 is 12.2 Å². The van der Waals surface area contributed by atoms with Gasteiger partial charge in [0.1, 0.15) is 0 Å². The van der Waals surface area contributed by atoms with E-state index in [-0.39, 0.29) is 0 Å². The van der Waals surface area contributed by atoms with Gasteiger partial charge in [-0.05, 0) is 39.5 Å². The van der Waals surface area contributed by atoms with E-state index in [1.165, 1.54) is 0 Å². The van der Waals surface area contributed by atoms with E-state index in [4.69, 9.17) is 0 Å². The SMILES string of the molecule is CCC(C)(CCC(C)(CC)N=C=O)N=C=O. The maximum atomic E-state index is 10.3. The quantitative estimate of drug-likeness (QED) is 0.493. The molecule has 0 radical (unpaired) electrons. The van der Waals surface area contributed by atoms with E-state index in [9.17, 15) is 9.59 Å². The molecule has 0 heterocycles. The van der Waals surface area contributed by atoms with E-state index in [1.54, 1.807) is 12.2 Å². The first-order valence-electron chi connectivity index (χ1n) is 5.63. The molecule has 0 aliphatic carbocycles. The summed E-state index contributed by atoms with van der Waals surface area (Å²) in [5.41, 5.74) is -0.785. The third-order valence-electron chi connectivity index (χ3n) is 3.36. The fourth-order valence-electron chi connectivity index (χ4n) is 1.38. The summed E-state index contributed by atoms with van der Waals surface area (Å²) in [6.45, 7) is 7.79. The van der Waals surface area contributed by atoms with Crippen LogP contribution in [0.1, 0.15) is 53.4 Å². The van der Waals surface area contributed by atoms with E-state index in [0.29, 0.717) is 12.8 Å². The molecule has 0 spiro atoms. The van der Waals surface area contributed by atoms with E-state index < -0.39 is 11.1 Å². The highest BCUT2D eigenvalue weighted by Crippen LogP contribution is 2.29. The predicted octanol–water partition coefficient (Wildman–Crippen LogP) is 2.78. The van der Waals surface area contributed by atoms with Crippen molar-refractivity contribution in [2.45, 2.75) is 64.5 Å². The van der Waals surface area contributed by atoms with E-state index in [1.807, 2.05) is 27.7 Å². The molecule has 4 nitrogen and oxygen atoms in total. The summed E-state index contributed by atoms with van der Waals surface area (Å²) in [6, 6.07) is 0. The molecule has 0 saturated carbocycles. The number of hydrogen-bond acceptors (Lipinski definition) is 4. The lowest BCUT2D eigenvalue weighted by Gasteiger charge is -2.27. The predicted molar refractivity (Wildman–Crippen MR) is 62.9 cm³/mol. The van der Waals surface area contributed by atoms with Gasteiger partial charge in [-0.15, -0.1) is 0 Å². The minimum atomic E-state index is -0.392. The highest BCUT2D eigenvalue weighted by molar-refractivity contribution is 5.35. The van der Waals surface area contributed by atoms with Crippen molar-refractivity contribution in [1.82, 2.24) is 0 Å². The molecule has 0 aliphatic heterocycles. The molecular weight excluding hydrogens is 204 g/mol. The average molecular weight is 224 g/mol. The van der Waals surface area contributed by atoms with Gasteiger partial charge in [-0.3, -0.25) is 0 Å². The van der Waals surface area contributed by atoms with Crippen LogP contribution in [0.5, 0.6) is 0 Å². The van der Waals surface area contributed by atoms with Crippen LogP contribution in [0.25, 0.3) is 0 Å². The van der Waals surface area contributed by atoms with Crippen molar-refractivity contribution in [3.05, 3.63) is 0 Å². The Morgan fingerprint density at radius 3 is 1.38 bits per heavy atom. The third-order valence-corrected chi connectivity index (χ3v) is 3.36. The van der Waals surface area contributed by atoms with Crippen molar-refractivity contribution < 1.29 is 9.59 Å². The molecule has 0 bridgehead atoms. The first-order valence-corrected chi connectivity index (χ1v) is 5.63. The zero-order valence-electron chi connectivity index (χ0n) is 10.5. The summed E-state index contributed by atoms with van der Waals surface area (Å²) >= 11 is 0. The molecule has 90 valence electrons. The Bertz CT molecular complexity index is 285. The van der Waals surface area contributed by atoms with Gasteiger partial charge in [0.05, 0.1) is 11.1 Å². The summed E-state index contributed by atoms with van der Waals surface area (Å²) in [7, 11) is 0. The van der Waals surface area contributed by atoms with Crippen molar-refractivity contribution in [2.75, 3.05) is 0 Å². The molecule has 16 heavy (non-hydrogen) atoms. The van der Waals surface area contributed by atoms with Gasteiger partial charge in [0, 0.05) is 0 Å². The topological polar surface area (TPSA) is 58.9 Å². The monoisotopic (exact) mass is 224 g/mol. The van der Waals surface area contributed by atoms with Crippen LogP contribution in [-0.2, 0) is 9.59 Å². The first kappa shape index (κ1) is 14.8. The zero-order chi connectivity index (χ0) is 12.7. The number of hydrogen-bond donors (Lipinski definition) is 0. The standard InChI is InChI=1S/C12H20N2O2/c1-5-11(3,13-9-15)7-8-12(4,6-2)14-10-16/h5-8H2,1-4H3. The van der Waals surface area contributed by atoms with Gasteiger partial charge in [-0.1, -0.05) is 13.8 Å². The van der Waals surface area contributed by atoms with Gasteiger partial charge in [-0.25, -0.2) is 9.59 Å². The summed E-state index contributed by atoms with van der Waals surface area (Å²) in [4.78, 5) is 28.3. The molecule has 2 atom stereocenters. The minimum Gasteiger partial charge on any atom is -0.211 e. The van der Waals surface area contributed by atoms with Crippen LogP contribution in [0.3, 0.4) is 0 Å². The Hall–Kier alpha value is -1.24.